The van der Waals surface area contributed by atoms with Crippen LogP contribution in [0.1, 0.15) is 32.6 Å². The van der Waals surface area contributed by atoms with E-state index in [2.05, 4.69) is 5.32 Å². The number of nitrogens with one attached hydrogen (secondary N) is 1. The van der Waals surface area contributed by atoms with Gasteiger partial charge in [-0.2, -0.15) is 0 Å². The van der Waals surface area contributed by atoms with Crippen molar-refractivity contribution in [2.75, 3.05) is 19.3 Å². The highest BCUT2D eigenvalue weighted by Crippen LogP contribution is 2.34. The highest BCUT2D eigenvalue weighted by Gasteiger charge is 2.46. The van der Waals surface area contributed by atoms with E-state index in [4.69, 9.17) is 0 Å². The summed E-state index contributed by atoms with van der Waals surface area (Å²) in [5.74, 6) is 0. The van der Waals surface area contributed by atoms with Crippen LogP contribution in [0, 0.1) is 0 Å². The Morgan fingerprint density at radius 1 is 1.53 bits per heavy atom. The fourth-order valence-corrected chi connectivity index (χ4v) is 3.91. The average molecular weight is 235 g/mol. The molecule has 90 valence electrons. The Bertz CT molecular complexity index is 302. The van der Waals surface area contributed by atoms with E-state index < -0.39 is 20.7 Å². The number of hydrogen-bond acceptors (Lipinski definition) is 4. The van der Waals surface area contributed by atoms with Crippen molar-refractivity contribution < 1.29 is 13.5 Å². The summed E-state index contributed by atoms with van der Waals surface area (Å²) in [5, 5.41) is 12.8. The largest absolute Gasteiger partial charge is 0.387 e. The van der Waals surface area contributed by atoms with Crippen LogP contribution >= 0.6 is 0 Å². The Morgan fingerprint density at radius 3 is 2.73 bits per heavy atom. The topological polar surface area (TPSA) is 66.4 Å². The normalized spacial score (nSPS) is 32.1. The Hall–Kier alpha value is -0.130. The maximum absolute atomic E-state index is 11.5. The number of rotatable bonds is 5. The summed E-state index contributed by atoms with van der Waals surface area (Å²) in [6.07, 6.45) is 4.17. The lowest BCUT2D eigenvalue weighted by molar-refractivity contribution is 0.0510. The van der Waals surface area contributed by atoms with Crippen LogP contribution in [0.3, 0.4) is 0 Å². The lowest BCUT2D eigenvalue weighted by Gasteiger charge is -2.29. The Kier molecular flexibility index (Phi) is 4.14. The van der Waals surface area contributed by atoms with Crippen molar-refractivity contribution in [2.45, 2.75) is 43.5 Å². The molecule has 1 aliphatic carbocycles. The first kappa shape index (κ1) is 12.9. The van der Waals surface area contributed by atoms with Crippen molar-refractivity contribution in [3.63, 3.8) is 0 Å². The molecule has 4 nitrogen and oxygen atoms in total. The van der Waals surface area contributed by atoms with Crippen LogP contribution in [0.4, 0.5) is 0 Å². The second-order valence-corrected chi connectivity index (χ2v) is 6.72. The molecule has 2 atom stereocenters. The third-order valence-corrected chi connectivity index (χ3v) is 4.76. The summed E-state index contributed by atoms with van der Waals surface area (Å²) in [7, 11) is -3.14. The number of hydrogen-bond donors (Lipinski definition) is 2. The van der Waals surface area contributed by atoms with E-state index in [9.17, 15) is 13.5 Å². The predicted molar refractivity (Wildman–Crippen MR) is 60.6 cm³/mol. The van der Waals surface area contributed by atoms with E-state index in [0.717, 1.165) is 19.4 Å². The van der Waals surface area contributed by atoms with Crippen molar-refractivity contribution in [1.82, 2.24) is 5.32 Å². The monoisotopic (exact) mass is 235 g/mol. The van der Waals surface area contributed by atoms with Crippen LogP contribution in [-0.2, 0) is 9.84 Å². The van der Waals surface area contributed by atoms with Crippen molar-refractivity contribution in [1.29, 1.82) is 0 Å². The van der Waals surface area contributed by atoms with Gasteiger partial charge in [0.25, 0.3) is 0 Å². The van der Waals surface area contributed by atoms with Gasteiger partial charge in [-0.1, -0.05) is 6.92 Å². The van der Waals surface area contributed by atoms with Crippen LogP contribution in [0.15, 0.2) is 0 Å². The minimum Gasteiger partial charge on any atom is -0.387 e. The molecule has 0 amide bonds. The minimum absolute atomic E-state index is 0.387. The van der Waals surface area contributed by atoms with Gasteiger partial charge in [-0.15, -0.1) is 0 Å². The molecule has 0 aliphatic heterocycles. The molecule has 0 heterocycles. The lowest BCUT2D eigenvalue weighted by atomic mass is 10.0. The molecule has 0 aromatic heterocycles. The molecule has 5 heteroatoms. The Morgan fingerprint density at radius 2 is 2.20 bits per heavy atom. The Labute approximate surface area is 92.0 Å². The zero-order valence-electron chi connectivity index (χ0n) is 9.49. The second kappa shape index (κ2) is 4.80. The van der Waals surface area contributed by atoms with Gasteiger partial charge in [0.15, 0.2) is 9.84 Å². The minimum atomic E-state index is -3.14. The molecule has 1 saturated carbocycles. The molecule has 0 spiro atoms. The summed E-state index contributed by atoms with van der Waals surface area (Å²) < 4.78 is 23.0. The van der Waals surface area contributed by atoms with Crippen molar-refractivity contribution in [2.24, 2.45) is 0 Å². The molecule has 0 bridgehead atoms. The first-order chi connectivity index (χ1) is 6.90. The molecule has 0 aromatic rings. The molecule has 0 saturated heterocycles. The van der Waals surface area contributed by atoms with Crippen LogP contribution in [0.5, 0.6) is 0 Å². The fourth-order valence-electron chi connectivity index (χ4n) is 2.32. The molecular formula is C10H21NO3S. The van der Waals surface area contributed by atoms with E-state index in [-0.39, 0.29) is 0 Å². The van der Waals surface area contributed by atoms with E-state index in [1.165, 1.54) is 6.26 Å². The standard InChI is InChI=1S/C10H21NO3S/c1-3-7-11-8-10(12)6-4-5-9(10)15(2,13)14/h9,11-12H,3-8H2,1-2H3. The predicted octanol–water partition coefficient (Wildman–Crippen LogP) is 0.314. The molecular weight excluding hydrogens is 214 g/mol. The zero-order valence-corrected chi connectivity index (χ0v) is 10.3. The third-order valence-electron chi connectivity index (χ3n) is 3.05. The summed E-state index contributed by atoms with van der Waals surface area (Å²) in [6.45, 7) is 3.25. The highest BCUT2D eigenvalue weighted by atomic mass is 32.2. The molecule has 1 fully saturated rings. The molecule has 1 rings (SSSR count). The van der Waals surface area contributed by atoms with Gasteiger partial charge in [-0.25, -0.2) is 8.42 Å². The van der Waals surface area contributed by atoms with Crippen LogP contribution in [0.25, 0.3) is 0 Å². The third kappa shape index (κ3) is 3.16. The molecule has 1 aliphatic rings. The maximum Gasteiger partial charge on any atom is 0.153 e. The summed E-state index contributed by atoms with van der Waals surface area (Å²) in [5.41, 5.74) is -1.05. The van der Waals surface area contributed by atoms with Crippen LogP contribution < -0.4 is 5.32 Å². The lowest BCUT2D eigenvalue weighted by Crippen LogP contribution is -2.49. The molecule has 0 aromatic carbocycles. The van der Waals surface area contributed by atoms with Crippen molar-refractivity contribution in [3.05, 3.63) is 0 Å². The van der Waals surface area contributed by atoms with Crippen molar-refractivity contribution in [3.8, 4) is 0 Å². The number of sulfone groups is 1. The van der Waals surface area contributed by atoms with Gasteiger partial charge in [0, 0.05) is 12.8 Å². The average Bonchev–Trinajstić information content (AvgIpc) is 2.47. The Balaban J connectivity index is 2.65. The molecule has 2 N–H and O–H groups in total. The van der Waals surface area contributed by atoms with E-state index in [1.54, 1.807) is 0 Å². The maximum atomic E-state index is 11.5. The fraction of sp³-hybridized carbons (Fsp3) is 1.00. The molecule has 2 unspecified atom stereocenters. The van der Waals surface area contributed by atoms with Gasteiger partial charge < -0.3 is 10.4 Å². The summed E-state index contributed by atoms with van der Waals surface area (Å²) in [4.78, 5) is 0. The first-order valence-electron chi connectivity index (χ1n) is 5.52. The SMILES string of the molecule is CCCNCC1(O)CCCC1S(C)(=O)=O. The first-order valence-corrected chi connectivity index (χ1v) is 7.47. The van der Waals surface area contributed by atoms with E-state index >= 15 is 0 Å². The van der Waals surface area contributed by atoms with Gasteiger partial charge >= 0.3 is 0 Å². The second-order valence-electron chi connectivity index (χ2n) is 4.49. The van der Waals surface area contributed by atoms with Gasteiger partial charge in [0.1, 0.15) is 0 Å². The summed E-state index contributed by atoms with van der Waals surface area (Å²) >= 11 is 0. The summed E-state index contributed by atoms with van der Waals surface area (Å²) in [6, 6.07) is 0. The number of aliphatic hydroxyl groups is 1. The molecule has 0 radical (unpaired) electrons. The van der Waals surface area contributed by atoms with Gasteiger partial charge in [0.05, 0.1) is 10.9 Å². The smallest absolute Gasteiger partial charge is 0.153 e. The van der Waals surface area contributed by atoms with Crippen LogP contribution in [0.2, 0.25) is 0 Å². The molecule has 15 heavy (non-hydrogen) atoms. The van der Waals surface area contributed by atoms with Gasteiger partial charge in [-0.3, -0.25) is 0 Å². The van der Waals surface area contributed by atoms with Crippen molar-refractivity contribution >= 4 is 9.84 Å². The van der Waals surface area contributed by atoms with E-state index in [1.807, 2.05) is 6.92 Å². The van der Waals surface area contributed by atoms with Gasteiger partial charge in [0.2, 0.25) is 0 Å². The van der Waals surface area contributed by atoms with E-state index in [0.29, 0.717) is 19.4 Å². The zero-order chi connectivity index (χ0) is 11.5. The quantitative estimate of drug-likeness (QED) is 0.673. The highest BCUT2D eigenvalue weighted by molar-refractivity contribution is 7.91. The van der Waals surface area contributed by atoms with Gasteiger partial charge in [-0.05, 0) is 32.2 Å². The van der Waals surface area contributed by atoms with Crippen LogP contribution in [-0.4, -0.2) is 43.7 Å².